The zero-order valence-electron chi connectivity index (χ0n) is 16.8. The number of methoxy groups -OCH3 is 1. The van der Waals surface area contributed by atoms with Crippen molar-refractivity contribution in [2.24, 2.45) is 5.92 Å². The van der Waals surface area contributed by atoms with Gasteiger partial charge in [-0.05, 0) is 68.4 Å². The molecule has 1 aromatic carbocycles. The van der Waals surface area contributed by atoms with E-state index in [4.69, 9.17) is 9.47 Å². The van der Waals surface area contributed by atoms with Crippen molar-refractivity contribution in [1.29, 1.82) is 0 Å². The molecule has 3 aliphatic rings. The summed E-state index contributed by atoms with van der Waals surface area (Å²) in [5.74, 6) is 1.76. The third kappa shape index (κ3) is 3.30. The molecule has 2 aliphatic heterocycles. The van der Waals surface area contributed by atoms with E-state index in [1.165, 1.54) is 41.2 Å². The molecule has 1 atom stereocenters. The van der Waals surface area contributed by atoms with Crippen molar-refractivity contribution in [3.05, 3.63) is 39.8 Å². The van der Waals surface area contributed by atoms with Gasteiger partial charge in [0.15, 0.2) is 11.4 Å². The molecule has 148 valence electrons. The number of carbonyl (C=O) groups is 1. The molecule has 1 aromatic heterocycles. The summed E-state index contributed by atoms with van der Waals surface area (Å²) in [6, 6.07) is 6.43. The Morgan fingerprint density at radius 2 is 2.14 bits per heavy atom. The number of epoxide rings is 1. The number of rotatable bonds is 6. The fraction of sp³-hybridized carbons (Fsp3) is 0.522. The molecule has 4 nitrogen and oxygen atoms in total. The first kappa shape index (κ1) is 18.3. The maximum Gasteiger partial charge on any atom is 0.197 e. The lowest BCUT2D eigenvalue weighted by Gasteiger charge is -2.26. The minimum Gasteiger partial charge on any atom is -0.496 e. The van der Waals surface area contributed by atoms with Crippen LogP contribution in [-0.2, 0) is 17.7 Å². The van der Waals surface area contributed by atoms with Crippen LogP contribution < -0.4 is 4.74 Å². The smallest absolute Gasteiger partial charge is 0.197 e. The predicted octanol–water partition coefficient (Wildman–Crippen LogP) is 4.47. The van der Waals surface area contributed by atoms with E-state index >= 15 is 0 Å². The number of ether oxygens (including phenoxy) is 2. The van der Waals surface area contributed by atoms with Crippen LogP contribution in [0, 0.1) is 12.8 Å². The quantitative estimate of drug-likeness (QED) is 0.533. The van der Waals surface area contributed by atoms with Crippen LogP contribution in [0.1, 0.15) is 46.1 Å². The average Bonchev–Trinajstić information content (AvgIpc) is 3.61. The number of fused-ring (bicyclic) bond motifs is 1. The van der Waals surface area contributed by atoms with Crippen molar-refractivity contribution in [2.45, 2.75) is 45.3 Å². The highest BCUT2D eigenvalue weighted by molar-refractivity contribution is 7.15. The molecule has 1 saturated heterocycles. The van der Waals surface area contributed by atoms with Crippen molar-refractivity contribution in [3.8, 4) is 16.2 Å². The molecule has 0 spiro atoms. The molecule has 28 heavy (non-hydrogen) atoms. The van der Waals surface area contributed by atoms with Crippen molar-refractivity contribution >= 4 is 17.1 Å². The zero-order chi connectivity index (χ0) is 19.5. The Balaban J connectivity index is 1.48. The van der Waals surface area contributed by atoms with Gasteiger partial charge >= 0.3 is 0 Å². The summed E-state index contributed by atoms with van der Waals surface area (Å²) in [6.07, 6.45) is 3.94. The van der Waals surface area contributed by atoms with E-state index in [2.05, 4.69) is 17.0 Å². The van der Waals surface area contributed by atoms with Gasteiger partial charge < -0.3 is 9.47 Å². The fourth-order valence-corrected chi connectivity index (χ4v) is 5.31. The normalized spacial score (nSPS) is 24.1. The van der Waals surface area contributed by atoms with E-state index in [1.807, 2.05) is 31.3 Å². The van der Waals surface area contributed by atoms with Crippen LogP contribution in [0.4, 0.5) is 0 Å². The summed E-state index contributed by atoms with van der Waals surface area (Å²) in [5, 5.41) is 0. The number of ketones is 1. The Hall–Kier alpha value is -1.69. The van der Waals surface area contributed by atoms with Gasteiger partial charge in [-0.3, -0.25) is 9.69 Å². The molecule has 0 N–H and O–H groups in total. The monoisotopic (exact) mass is 397 g/mol. The first-order valence-electron chi connectivity index (χ1n) is 10.2. The van der Waals surface area contributed by atoms with E-state index < -0.39 is 5.60 Å². The van der Waals surface area contributed by atoms with Crippen LogP contribution in [0.2, 0.25) is 0 Å². The number of hydrogen-bond donors (Lipinski definition) is 0. The maximum absolute atomic E-state index is 13.0. The highest BCUT2D eigenvalue weighted by Gasteiger charge is 2.48. The fourth-order valence-electron chi connectivity index (χ4n) is 4.16. The maximum atomic E-state index is 13.0. The highest BCUT2D eigenvalue weighted by Crippen LogP contribution is 2.40. The molecule has 3 heterocycles. The summed E-state index contributed by atoms with van der Waals surface area (Å²) in [4.78, 5) is 18.3. The standard InChI is InChI=1S/C23H27NO3S/c1-14-18(22(25)23(2)13-27-23)8-16(9-19(14)26-3)21-10-17-12-24(11-15-4-5-15)7-6-20(17)28-21/h8-10,15H,4-7,11-13H2,1-3H3. The number of carbonyl (C=O) groups excluding carboxylic acids is 1. The largest absolute Gasteiger partial charge is 0.496 e. The topological polar surface area (TPSA) is 42.1 Å². The SMILES string of the molecule is COc1cc(-c2cc3c(s2)CCN(CC2CC2)C3)cc(C(=O)C2(C)CO2)c1C. The van der Waals surface area contributed by atoms with Crippen LogP contribution in [0.25, 0.3) is 10.4 Å². The Kier molecular flexibility index (Phi) is 4.38. The number of thiophene rings is 1. The lowest BCUT2D eigenvalue weighted by molar-refractivity contribution is 0.0887. The molecule has 5 heteroatoms. The third-order valence-corrected chi connectivity index (χ3v) is 7.61. The van der Waals surface area contributed by atoms with E-state index in [9.17, 15) is 4.79 Å². The van der Waals surface area contributed by atoms with Gasteiger partial charge in [-0.2, -0.15) is 0 Å². The molecule has 0 bridgehead atoms. The summed E-state index contributed by atoms with van der Waals surface area (Å²) in [5.41, 5.74) is 3.48. The van der Waals surface area contributed by atoms with E-state index in [1.54, 1.807) is 7.11 Å². The summed E-state index contributed by atoms with van der Waals surface area (Å²) in [7, 11) is 1.67. The van der Waals surface area contributed by atoms with Crippen molar-refractivity contribution in [1.82, 2.24) is 4.90 Å². The minimum absolute atomic E-state index is 0.0575. The third-order valence-electron chi connectivity index (χ3n) is 6.33. The zero-order valence-corrected chi connectivity index (χ0v) is 17.7. The lowest BCUT2D eigenvalue weighted by atomic mass is 9.93. The average molecular weight is 398 g/mol. The molecule has 1 unspecified atom stereocenters. The molecule has 5 rings (SSSR count). The summed E-state index contributed by atoms with van der Waals surface area (Å²) >= 11 is 1.87. The van der Waals surface area contributed by atoms with Crippen LogP contribution in [0.3, 0.4) is 0 Å². The van der Waals surface area contributed by atoms with Crippen LogP contribution in [0.15, 0.2) is 18.2 Å². The second kappa shape index (κ2) is 6.68. The Morgan fingerprint density at radius 1 is 1.36 bits per heavy atom. The van der Waals surface area contributed by atoms with Crippen LogP contribution >= 0.6 is 11.3 Å². The van der Waals surface area contributed by atoms with Crippen molar-refractivity contribution < 1.29 is 14.3 Å². The van der Waals surface area contributed by atoms with E-state index in [0.29, 0.717) is 6.61 Å². The molecular weight excluding hydrogens is 370 g/mol. The molecular formula is C23H27NO3S. The van der Waals surface area contributed by atoms with Crippen LogP contribution in [-0.4, -0.2) is 43.1 Å². The number of nitrogens with zero attached hydrogens (tertiary/aromatic N) is 1. The Morgan fingerprint density at radius 3 is 2.82 bits per heavy atom. The second-order valence-corrected chi connectivity index (χ2v) is 9.82. The lowest BCUT2D eigenvalue weighted by Crippen LogP contribution is -2.31. The van der Waals surface area contributed by atoms with Crippen LogP contribution in [0.5, 0.6) is 5.75 Å². The second-order valence-electron chi connectivity index (χ2n) is 8.69. The van der Waals surface area contributed by atoms with Gasteiger partial charge in [0.05, 0.1) is 13.7 Å². The predicted molar refractivity (Wildman–Crippen MR) is 111 cm³/mol. The molecule has 1 aliphatic carbocycles. The van der Waals surface area contributed by atoms with Gasteiger partial charge in [0.1, 0.15) is 5.75 Å². The van der Waals surface area contributed by atoms with Crippen molar-refractivity contribution in [3.63, 3.8) is 0 Å². The first-order valence-corrected chi connectivity index (χ1v) is 11.0. The number of hydrogen-bond acceptors (Lipinski definition) is 5. The first-order chi connectivity index (χ1) is 13.5. The Labute approximate surface area is 170 Å². The number of Topliss-reactive ketones (excluding diaryl/α,β-unsaturated/α-hetero) is 1. The molecule has 2 aromatic rings. The van der Waals surface area contributed by atoms with Crippen molar-refractivity contribution in [2.75, 3.05) is 26.8 Å². The van der Waals surface area contributed by atoms with Gasteiger partial charge in [-0.25, -0.2) is 0 Å². The Bertz CT molecular complexity index is 940. The van der Waals surface area contributed by atoms with E-state index in [0.717, 1.165) is 41.3 Å². The van der Waals surface area contributed by atoms with Gasteiger partial charge in [0.25, 0.3) is 0 Å². The van der Waals surface area contributed by atoms with Gasteiger partial charge in [-0.1, -0.05) is 0 Å². The molecule has 2 fully saturated rings. The molecule has 0 radical (unpaired) electrons. The minimum atomic E-state index is -0.660. The summed E-state index contributed by atoms with van der Waals surface area (Å²) < 4.78 is 11.0. The van der Waals surface area contributed by atoms with Gasteiger partial charge in [0.2, 0.25) is 0 Å². The molecule has 1 saturated carbocycles. The number of benzene rings is 1. The van der Waals surface area contributed by atoms with Gasteiger partial charge in [-0.15, -0.1) is 11.3 Å². The van der Waals surface area contributed by atoms with Gasteiger partial charge in [0, 0.05) is 40.5 Å². The highest BCUT2D eigenvalue weighted by atomic mass is 32.1. The molecule has 0 amide bonds. The van der Waals surface area contributed by atoms with E-state index in [-0.39, 0.29) is 5.78 Å². The summed E-state index contributed by atoms with van der Waals surface area (Å²) in [6.45, 7) is 7.80.